The third kappa shape index (κ3) is 3.27. The quantitative estimate of drug-likeness (QED) is 0.738. The lowest BCUT2D eigenvalue weighted by atomic mass is 9.66. The molecule has 2 nitrogen and oxygen atoms in total. The van der Waals surface area contributed by atoms with E-state index < -0.39 is 5.60 Å². The van der Waals surface area contributed by atoms with Gasteiger partial charge in [0.1, 0.15) is 0 Å². The Morgan fingerprint density at radius 3 is 2.17 bits per heavy atom. The second kappa shape index (κ2) is 5.50. The molecule has 2 heteroatoms. The Morgan fingerprint density at radius 1 is 0.944 bits per heavy atom. The third-order valence-corrected chi connectivity index (χ3v) is 5.32. The van der Waals surface area contributed by atoms with Gasteiger partial charge in [-0.15, -0.1) is 0 Å². The maximum Gasteiger partial charge on any atom is 0.0651 e. The van der Waals surface area contributed by atoms with E-state index in [0.717, 1.165) is 44.9 Å². The largest absolute Gasteiger partial charge is 0.392 e. The molecule has 106 valence electrons. The van der Waals surface area contributed by atoms with Crippen LogP contribution in [0.3, 0.4) is 0 Å². The Bertz CT molecular complexity index is 264. The molecule has 0 saturated heterocycles. The van der Waals surface area contributed by atoms with Gasteiger partial charge in [-0.25, -0.2) is 0 Å². The van der Waals surface area contributed by atoms with Crippen molar-refractivity contribution in [2.45, 2.75) is 89.8 Å². The molecular weight excluding hydrogens is 224 g/mol. The van der Waals surface area contributed by atoms with E-state index in [1.165, 1.54) is 19.3 Å². The Morgan fingerprint density at radius 2 is 1.56 bits per heavy atom. The summed E-state index contributed by atoms with van der Waals surface area (Å²) in [5.41, 5.74) is -0.459. The number of aliphatic hydroxyl groups is 2. The van der Waals surface area contributed by atoms with Gasteiger partial charge in [-0.1, -0.05) is 46.0 Å². The average Bonchev–Trinajstić information content (AvgIpc) is 2.50. The van der Waals surface area contributed by atoms with Crippen LogP contribution in [0.2, 0.25) is 0 Å². The van der Waals surface area contributed by atoms with Crippen molar-refractivity contribution in [2.24, 2.45) is 11.3 Å². The SMILES string of the molecule is CC1(C)CCCC(CC2(O)CCCCCC2)C1O. The molecule has 2 N–H and O–H groups in total. The van der Waals surface area contributed by atoms with E-state index in [1.807, 2.05) is 0 Å². The number of hydrogen-bond acceptors (Lipinski definition) is 2. The maximum atomic E-state index is 10.8. The third-order valence-electron chi connectivity index (χ3n) is 5.32. The molecule has 2 unspecified atom stereocenters. The summed E-state index contributed by atoms with van der Waals surface area (Å²) < 4.78 is 0. The summed E-state index contributed by atoms with van der Waals surface area (Å²) in [4.78, 5) is 0. The topological polar surface area (TPSA) is 40.5 Å². The summed E-state index contributed by atoms with van der Waals surface area (Å²) in [6, 6.07) is 0. The Balaban J connectivity index is 1.98. The summed E-state index contributed by atoms with van der Waals surface area (Å²) in [7, 11) is 0. The highest BCUT2D eigenvalue weighted by molar-refractivity contribution is 4.93. The molecule has 0 aromatic carbocycles. The molecule has 2 fully saturated rings. The Labute approximate surface area is 112 Å². The molecule has 0 aromatic rings. The molecule has 0 amide bonds. The first kappa shape index (κ1) is 14.3. The molecule has 0 aromatic heterocycles. The minimum atomic E-state index is -0.491. The predicted octanol–water partition coefficient (Wildman–Crippen LogP) is 3.65. The average molecular weight is 254 g/mol. The monoisotopic (exact) mass is 254 g/mol. The molecule has 0 heterocycles. The fourth-order valence-electron chi connectivity index (χ4n) is 4.06. The van der Waals surface area contributed by atoms with Crippen molar-refractivity contribution < 1.29 is 10.2 Å². The second-order valence-corrected chi connectivity index (χ2v) is 7.43. The van der Waals surface area contributed by atoms with Gasteiger partial charge in [-0.2, -0.15) is 0 Å². The van der Waals surface area contributed by atoms with Crippen molar-refractivity contribution >= 4 is 0 Å². The highest BCUT2D eigenvalue weighted by Crippen LogP contribution is 2.44. The first-order chi connectivity index (χ1) is 8.43. The van der Waals surface area contributed by atoms with Gasteiger partial charge in [0.25, 0.3) is 0 Å². The van der Waals surface area contributed by atoms with E-state index in [-0.39, 0.29) is 11.5 Å². The van der Waals surface area contributed by atoms with E-state index in [1.54, 1.807) is 0 Å². The standard InChI is InChI=1S/C16H30O2/c1-15(2)9-7-8-13(14(15)17)12-16(18)10-5-3-4-6-11-16/h13-14,17-18H,3-12H2,1-2H3. The van der Waals surface area contributed by atoms with Crippen LogP contribution >= 0.6 is 0 Å². The van der Waals surface area contributed by atoms with Crippen LogP contribution in [0, 0.1) is 11.3 Å². The fraction of sp³-hybridized carbons (Fsp3) is 1.00. The summed E-state index contributed by atoms with van der Waals surface area (Å²) in [5.74, 6) is 0.303. The van der Waals surface area contributed by atoms with Gasteiger partial charge in [0, 0.05) is 0 Å². The van der Waals surface area contributed by atoms with Crippen molar-refractivity contribution in [1.29, 1.82) is 0 Å². The van der Waals surface area contributed by atoms with Gasteiger partial charge in [0.2, 0.25) is 0 Å². The van der Waals surface area contributed by atoms with E-state index in [2.05, 4.69) is 13.8 Å². The van der Waals surface area contributed by atoms with Crippen LogP contribution in [0.25, 0.3) is 0 Å². The molecule has 0 spiro atoms. The first-order valence-electron chi connectivity index (χ1n) is 7.83. The molecular formula is C16H30O2. The highest BCUT2D eigenvalue weighted by Gasteiger charge is 2.41. The van der Waals surface area contributed by atoms with E-state index in [4.69, 9.17) is 0 Å². The molecule has 0 aliphatic heterocycles. The lowest BCUT2D eigenvalue weighted by Crippen LogP contribution is -2.44. The zero-order valence-corrected chi connectivity index (χ0v) is 12.1. The van der Waals surface area contributed by atoms with Crippen LogP contribution < -0.4 is 0 Å². The van der Waals surface area contributed by atoms with E-state index in [9.17, 15) is 10.2 Å². The molecule has 0 bridgehead atoms. The summed E-state index contributed by atoms with van der Waals surface area (Å²) in [5, 5.41) is 21.3. The molecule has 2 aliphatic rings. The summed E-state index contributed by atoms with van der Waals surface area (Å²) in [6.45, 7) is 4.34. The van der Waals surface area contributed by atoms with Gasteiger partial charge in [-0.3, -0.25) is 0 Å². The van der Waals surface area contributed by atoms with Crippen molar-refractivity contribution in [3.8, 4) is 0 Å². The van der Waals surface area contributed by atoms with Crippen molar-refractivity contribution in [1.82, 2.24) is 0 Å². The van der Waals surface area contributed by atoms with Crippen molar-refractivity contribution in [2.75, 3.05) is 0 Å². The van der Waals surface area contributed by atoms with Crippen LogP contribution in [0.4, 0.5) is 0 Å². The Hall–Kier alpha value is -0.0800. The molecule has 2 rings (SSSR count). The summed E-state index contributed by atoms with van der Waals surface area (Å²) in [6.07, 6.45) is 10.7. The number of rotatable bonds is 2. The molecule has 2 saturated carbocycles. The van der Waals surface area contributed by atoms with Gasteiger partial charge in [0.05, 0.1) is 11.7 Å². The highest BCUT2D eigenvalue weighted by atomic mass is 16.3. The molecule has 2 atom stereocenters. The predicted molar refractivity (Wildman–Crippen MR) is 74.4 cm³/mol. The summed E-state index contributed by atoms with van der Waals surface area (Å²) >= 11 is 0. The molecule has 2 aliphatic carbocycles. The molecule has 0 radical (unpaired) electrons. The van der Waals surface area contributed by atoms with Crippen LogP contribution in [0.1, 0.15) is 78.1 Å². The minimum Gasteiger partial charge on any atom is -0.392 e. The van der Waals surface area contributed by atoms with Gasteiger partial charge in [0.15, 0.2) is 0 Å². The van der Waals surface area contributed by atoms with Gasteiger partial charge in [-0.05, 0) is 43.4 Å². The first-order valence-corrected chi connectivity index (χ1v) is 7.83. The van der Waals surface area contributed by atoms with Crippen LogP contribution in [-0.2, 0) is 0 Å². The van der Waals surface area contributed by atoms with E-state index >= 15 is 0 Å². The smallest absolute Gasteiger partial charge is 0.0651 e. The number of aliphatic hydroxyl groups excluding tert-OH is 1. The van der Waals surface area contributed by atoms with Crippen LogP contribution in [0.15, 0.2) is 0 Å². The van der Waals surface area contributed by atoms with Crippen LogP contribution in [0.5, 0.6) is 0 Å². The van der Waals surface area contributed by atoms with Crippen molar-refractivity contribution in [3.05, 3.63) is 0 Å². The second-order valence-electron chi connectivity index (χ2n) is 7.43. The number of hydrogen-bond donors (Lipinski definition) is 2. The normalized spacial score (nSPS) is 36.0. The lowest BCUT2D eigenvalue weighted by molar-refractivity contribution is -0.0763. The molecule has 18 heavy (non-hydrogen) atoms. The zero-order valence-electron chi connectivity index (χ0n) is 12.1. The zero-order chi connectivity index (χ0) is 13.2. The van der Waals surface area contributed by atoms with Crippen LogP contribution in [-0.4, -0.2) is 21.9 Å². The van der Waals surface area contributed by atoms with Gasteiger partial charge < -0.3 is 10.2 Å². The Kier molecular flexibility index (Phi) is 4.38. The van der Waals surface area contributed by atoms with Crippen molar-refractivity contribution in [3.63, 3.8) is 0 Å². The van der Waals surface area contributed by atoms with E-state index in [0.29, 0.717) is 5.92 Å². The maximum absolute atomic E-state index is 10.8. The fourth-order valence-corrected chi connectivity index (χ4v) is 4.06. The lowest BCUT2D eigenvalue weighted by Gasteiger charge is -2.43. The minimum absolute atomic E-state index is 0.0318. The van der Waals surface area contributed by atoms with Gasteiger partial charge >= 0.3 is 0 Å².